The van der Waals surface area contributed by atoms with E-state index in [9.17, 15) is 23.4 Å². The van der Waals surface area contributed by atoms with Gasteiger partial charge in [-0.3, -0.25) is 4.79 Å². The number of carbonyl (C=O) groups is 1. The lowest BCUT2D eigenvalue weighted by molar-refractivity contribution is -0.121. The molecule has 0 aromatic heterocycles. The lowest BCUT2D eigenvalue weighted by atomic mass is 9.83. The molecule has 25 heavy (non-hydrogen) atoms. The van der Waals surface area contributed by atoms with E-state index in [1.807, 2.05) is 6.92 Å². The molecule has 4 N–H and O–H groups in total. The maximum absolute atomic E-state index is 12.0. The molecule has 0 spiro atoms. The molecule has 0 unspecified atom stereocenters. The number of nitrogens with one attached hydrogen (secondary N) is 2. The summed E-state index contributed by atoms with van der Waals surface area (Å²) < 4.78 is 26.4. The highest BCUT2D eigenvalue weighted by Gasteiger charge is 2.32. The summed E-state index contributed by atoms with van der Waals surface area (Å²) in [6, 6.07) is -0.638. The molecule has 1 aliphatic rings. The first-order valence-corrected chi connectivity index (χ1v) is 11.0. The van der Waals surface area contributed by atoms with Crippen molar-refractivity contribution < 1.29 is 23.4 Å². The van der Waals surface area contributed by atoms with E-state index in [-0.39, 0.29) is 5.91 Å². The molecule has 1 rings (SSSR count). The van der Waals surface area contributed by atoms with Crippen molar-refractivity contribution in [3.05, 3.63) is 0 Å². The van der Waals surface area contributed by atoms with E-state index >= 15 is 0 Å². The van der Waals surface area contributed by atoms with Gasteiger partial charge in [0.25, 0.3) is 0 Å². The third-order valence-electron chi connectivity index (χ3n) is 4.75. The lowest BCUT2D eigenvalue weighted by Crippen LogP contribution is -2.51. The second-order valence-electron chi connectivity index (χ2n) is 7.13. The minimum Gasteiger partial charge on any atom is -0.389 e. The van der Waals surface area contributed by atoms with Crippen LogP contribution in [0.2, 0.25) is 0 Å². The molecule has 148 valence electrons. The van der Waals surface area contributed by atoms with Crippen LogP contribution >= 0.6 is 0 Å². The Morgan fingerprint density at radius 1 is 1.20 bits per heavy atom. The second kappa shape index (κ2) is 11.1. The molecule has 1 amide bonds. The smallest absolute Gasteiger partial charge is 0.217 e. The first-order chi connectivity index (χ1) is 11.7. The van der Waals surface area contributed by atoms with Gasteiger partial charge in [-0.15, -0.1) is 0 Å². The molecular weight excluding hydrogens is 344 g/mol. The summed E-state index contributed by atoms with van der Waals surface area (Å²) >= 11 is 0. The van der Waals surface area contributed by atoms with Crippen LogP contribution in [0.15, 0.2) is 0 Å². The van der Waals surface area contributed by atoms with Crippen LogP contribution in [0.3, 0.4) is 0 Å². The first kappa shape index (κ1) is 22.3. The van der Waals surface area contributed by atoms with Crippen LogP contribution in [0, 0.1) is 5.92 Å². The monoisotopic (exact) mass is 378 g/mol. The largest absolute Gasteiger partial charge is 0.389 e. The molecule has 1 fully saturated rings. The summed E-state index contributed by atoms with van der Waals surface area (Å²) in [6.07, 6.45) is 4.92. The normalized spacial score (nSPS) is 20.0. The van der Waals surface area contributed by atoms with Crippen molar-refractivity contribution in [2.45, 2.75) is 83.5 Å². The Kier molecular flexibility index (Phi) is 9.92. The van der Waals surface area contributed by atoms with E-state index in [4.69, 9.17) is 0 Å². The lowest BCUT2D eigenvalue weighted by Gasteiger charge is -2.31. The number of aliphatic hydroxyl groups is 2. The van der Waals surface area contributed by atoms with Crippen molar-refractivity contribution in [1.82, 2.24) is 10.0 Å². The molecule has 0 aromatic rings. The Morgan fingerprint density at radius 3 is 2.40 bits per heavy atom. The summed E-state index contributed by atoms with van der Waals surface area (Å²) in [5.74, 6) is -0.485. The average molecular weight is 379 g/mol. The maximum atomic E-state index is 12.0. The fourth-order valence-corrected chi connectivity index (χ4v) is 4.60. The topological polar surface area (TPSA) is 116 Å². The van der Waals surface area contributed by atoms with Gasteiger partial charge < -0.3 is 15.5 Å². The third-order valence-corrected chi connectivity index (χ3v) is 6.17. The number of sulfonamides is 1. The van der Waals surface area contributed by atoms with Gasteiger partial charge in [0.2, 0.25) is 15.9 Å². The fraction of sp³-hybridized carbons (Fsp3) is 0.941. The van der Waals surface area contributed by atoms with Gasteiger partial charge in [-0.2, -0.15) is 0 Å². The quantitative estimate of drug-likeness (QED) is 0.399. The Morgan fingerprint density at radius 2 is 1.84 bits per heavy atom. The predicted octanol–water partition coefficient (Wildman–Crippen LogP) is 0.903. The van der Waals surface area contributed by atoms with Crippen LogP contribution in [0.5, 0.6) is 0 Å². The molecule has 7 nitrogen and oxygen atoms in total. The van der Waals surface area contributed by atoms with E-state index in [2.05, 4.69) is 10.0 Å². The van der Waals surface area contributed by atoms with E-state index < -0.39 is 34.0 Å². The Hall–Kier alpha value is -0.700. The molecule has 0 radical (unpaired) electrons. The summed E-state index contributed by atoms with van der Waals surface area (Å²) in [5.41, 5.74) is 0. The first-order valence-electron chi connectivity index (χ1n) is 9.35. The Balaban J connectivity index is 2.64. The van der Waals surface area contributed by atoms with Gasteiger partial charge in [0.1, 0.15) is 6.10 Å². The Labute approximate surface area is 151 Å². The molecule has 0 aromatic carbocycles. The van der Waals surface area contributed by atoms with Crippen LogP contribution in [0.1, 0.15) is 65.2 Å². The number of rotatable bonds is 11. The highest BCUT2D eigenvalue weighted by Crippen LogP contribution is 2.28. The van der Waals surface area contributed by atoms with Gasteiger partial charge in [-0.05, 0) is 18.8 Å². The van der Waals surface area contributed by atoms with Crippen molar-refractivity contribution in [3.8, 4) is 0 Å². The minimum absolute atomic E-state index is 0.295. The Bertz CT molecular complexity index is 491. The van der Waals surface area contributed by atoms with E-state index in [1.54, 1.807) is 0 Å². The SMILES string of the molecule is CCCCNS(=O)(=O)C[C@H](O)[C@H](O)[C@H](CC1CCCCC1)NC(C)=O. The number of hydrogen-bond acceptors (Lipinski definition) is 5. The van der Waals surface area contributed by atoms with Gasteiger partial charge in [-0.1, -0.05) is 45.4 Å². The highest BCUT2D eigenvalue weighted by molar-refractivity contribution is 7.89. The van der Waals surface area contributed by atoms with E-state index in [1.165, 1.54) is 13.3 Å². The predicted molar refractivity (Wildman–Crippen MR) is 97.5 cm³/mol. The summed E-state index contributed by atoms with van der Waals surface area (Å²) in [6.45, 7) is 3.63. The van der Waals surface area contributed by atoms with Crippen LogP contribution in [0.25, 0.3) is 0 Å². The number of aliphatic hydroxyl groups excluding tert-OH is 2. The number of hydrogen-bond donors (Lipinski definition) is 4. The van der Waals surface area contributed by atoms with Gasteiger partial charge in [-0.25, -0.2) is 13.1 Å². The second-order valence-corrected chi connectivity index (χ2v) is 8.99. The third kappa shape index (κ3) is 8.99. The van der Waals surface area contributed by atoms with E-state index in [0.29, 0.717) is 25.3 Å². The van der Waals surface area contributed by atoms with Gasteiger partial charge in [0.05, 0.1) is 17.9 Å². The molecule has 0 bridgehead atoms. The molecular formula is C17H34N2O5S. The van der Waals surface area contributed by atoms with Crippen LogP contribution in [-0.2, 0) is 14.8 Å². The van der Waals surface area contributed by atoms with E-state index in [0.717, 1.165) is 32.1 Å². The molecule has 0 heterocycles. The fourth-order valence-electron chi connectivity index (χ4n) is 3.38. The zero-order valence-electron chi connectivity index (χ0n) is 15.4. The summed E-state index contributed by atoms with van der Waals surface area (Å²) in [4.78, 5) is 11.4. The summed E-state index contributed by atoms with van der Waals surface area (Å²) in [7, 11) is -3.67. The van der Waals surface area contributed by atoms with Crippen LogP contribution in [0.4, 0.5) is 0 Å². The van der Waals surface area contributed by atoms with Crippen molar-refractivity contribution in [2.75, 3.05) is 12.3 Å². The molecule has 8 heteroatoms. The molecule has 1 saturated carbocycles. The van der Waals surface area contributed by atoms with Gasteiger partial charge in [0, 0.05) is 13.5 Å². The van der Waals surface area contributed by atoms with Crippen molar-refractivity contribution in [2.24, 2.45) is 5.92 Å². The molecule has 1 aliphatic carbocycles. The maximum Gasteiger partial charge on any atom is 0.217 e. The number of carbonyl (C=O) groups excluding carboxylic acids is 1. The zero-order chi connectivity index (χ0) is 18.9. The van der Waals surface area contributed by atoms with Crippen molar-refractivity contribution in [3.63, 3.8) is 0 Å². The average Bonchev–Trinajstić information content (AvgIpc) is 2.53. The standard InChI is InChI=1S/C17H34N2O5S/c1-3-4-10-18-25(23,24)12-16(21)17(22)15(19-13(2)20)11-14-8-6-5-7-9-14/h14-18,21-22H,3-12H2,1-2H3,(H,19,20)/t15-,16-,17+/m0/s1. The summed E-state index contributed by atoms with van der Waals surface area (Å²) in [5, 5.41) is 23.3. The number of unbranched alkanes of at least 4 members (excludes halogenated alkanes) is 1. The number of amides is 1. The van der Waals surface area contributed by atoms with Crippen molar-refractivity contribution in [1.29, 1.82) is 0 Å². The molecule has 0 aliphatic heterocycles. The molecule has 0 saturated heterocycles. The van der Waals surface area contributed by atoms with Crippen LogP contribution in [-0.4, -0.2) is 55.1 Å². The van der Waals surface area contributed by atoms with Gasteiger partial charge >= 0.3 is 0 Å². The van der Waals surface area contributed by atoms with Gasteiger partial charge in [0.15, 0.2) is 0 Å². The highest BCUT2D eigenvalue weighted by atomic mass is 32.2. The van der Waals surface area contributed by atoms with Crippen LogP contribution < -0.4 is 10.0 Å². The molecule has 3 atom stereocenters. The van der Waals surface area contributed by atoms with Crippen molar-refractivity contribution >= 4 is 15.9 Å². The zero-order valence-corrected chi connectivity index (χ0v) is 16.2. The minimum atomic E-state index is -3.67.